The summed E-state index contributed by atoms with van der Waals surface area (Å²) in [7, 11) is 0. The van der Waals surface area contributed by atoms with Crippen LogP contribution in [0.25, 0.3) is 0 Å². The number of rotatable bonds is 5. The number of nitrogens with zero attached hydrogens (tertiary/aromatic N) is 1. The zero-order chi connectivity index (χ0) is 13.7. The Labute approximate surface area is 128 Å². The van der Waals surface area contributed by atoms with Crippen LogP contribution in [0.15, 0.2) is 22.7 Å². The van der Waals surface area contributed by atoms with Crippen molar-refractivity contribution in [3.63, 3.8) is 0 Å². The van der Waals surface area contributed by atoms with E-state index in [1.165, 1.54) is 32.4 Å². The molecule has 3 N–H and O–H groups in total. The molecule has 1 aliphatic rings. The van der Waals surface area contributed by atoms with E-state index in [0.717, 1.165) is 28.8 Å². The van der Waals surface area contributed by atoms with Crippen molar-refractivity contribution in [2.45, 2.75) is 19.3 Å². The van der Waals surface area contributed by atoms with Crippen molar-refractivity contribution in [1.29, 1.82) is 0 Å². The molecule has 0 atom stereocenters. The lowest BCUT2D eigenvalue weighted by molar-refractivity contribution is 0.237. The molecule has 0 aromatic heterocycles. The van der Waals surface area contributed by atoms with Gasteiger partial charge in [0.2, 0.25) is 0 Å². The van der Waals surface area contributed by atoms with Crippen LogP contribution >= 0.6 is 28.1 Å². The van der Waals surface area contributed by atoms with Gasteiger partial charge in [-0.15, -0.1) is 0 Å². The van der Waals surface area contributed by atoms with Crippen molar-refractivity contribution < 1.29 is 0 Å². The predicted octanol–water partition coefficient (Wildman–Crippen LogP) is 2.98. The summed E-state index contributed by atoms with van der Waals surface area (Å²) in [5, 5.41) is 3.45. The van der Waals surface area contributed by atoms with Gasteiger partial charge >= 0.3 is 0 Å². The fraction of sp³-hybridized carbons (Fsp3) is 0.500. The van der Waals surface area contributed by atoms with Gasteiger partial charge in [-0.2, -0.15) is 0 Å². The molecule has 3 nitrogen and oxygen atoms in total. The Morgan fingerprint density at radius 1 is 1.32 bits per heavy atom. The maximum Gasteiger partial charge on any atom is 0.104 e. The van der Waals surface area contributed by atoms with Crippen molar-refractivity contribution >= 4 is 38.8 Å². The van der Waals surface area contributed by atoms with E-state index in [1.54, 1.807) is 0 Å². The number of nitrogens with one attached hydrogen (secondary N) is 1. The van der Waals surface area contributed by atoms with E-state index >= 15 is 0 Å². The summed E-state index contributed by atoms with van der Waals surface area (Å²) in [6, 6.07) is 5.94. The monoisotopic (exact) mass is 341 g/mol. The van der Waals surface area contributed by atoms with Crippen LogP contribution in [0.3, 0.4) is 0 Å². The van der Waals surface area contributed by atoms with Gasteiger partial charge in [0.05, 0.1) is 0 Å². The molecule has 1 fully saturated rings. The minimum absolute atomic E-state index is 0.431. The van der Waals surface area contributed by atoms with Gasteiger partial charge in [0.15, 0.2) is 0 Å². The average molecular weight is 342 g/mol. The summed E-state index contributed by atoms with van der Waals surface area (Å²) in [5.74, 6) is 0. The molecule has 1 heterocycles. The Bertz CT molecular complexity index is 444. The SMILES string of the molecule is NC(=S)c1ccc(NCCN2CCCCC2)c(Br)c1. The van der Waals surface area contributed by atoms with Crippen LogP contribution in [-0.2, 0) is 0 Å². The van der Waals surface area contributed by atoms with Crippen LogP contribution in [0.2, 0.25) is 0 Å². The molecule has 1 saturated heterocycles. The first-order chi connectivity index (χ1) is 9.16. The topological polar surface area (TPSA) is 41.3 Å². The molecule has 1 aliphatic heterocycles. The number of thiocarbonyl (C=S) groups is 1. The smallest absolute Gasteiger partial charge is 0.104 e. The zero-order valence-corrected chi connectivity index (χ0v) is 13.4. The standard InChI is InChI=1S/C14H20BrN3S/c15-12-10-11(14(16)19)4-5-13(12)17-6-9-18-7-2-1-3-8-18/h4-5,10,17H,1-3,6-9H2,(H2,16,19). The van der Waals surface area contributed by atoms with E-state index in [0.29, 0.717) is 4.99 Å². The van der Waals surface area contributed by atoms with Gasteiger partial charge in [0.25, 0.3) is 0 Å². The summed E-state index contributed by atoms with van der Waals surface area (Å²) in [4.78, 5) is 2.95. The molecular weight excluding hydrogens is 322 g/mol. The Morgan fingerprint density at radius 2 is 2.05 bits per heavy atom. The first-order valence-corrected chi connectivity index (χ1v) is 7.92. The normalized spacial score (nSPS) is 16.3. The highest BCUT2D eigenvalue weighted by molar-refractivity contribution is 9.10. The lowest BCUT2D eigenvalue weighted by Crippen LogP contribution is -2.33. The molecule has 1 aromatic carbocycles. The van der Waals surface area contributed by atoms with Gasteiger partial charge in [0.1, 0.15) is 4.99 Å². The van der Waals surface area contributed by atoms with Gasteiger partial charge in [-0.1, -0.05) is 18.6 Å². The van der Waals surface area contributed by atoms with E-state index in [4.69, 9.17) is 18.0 Å². The maximum absolute atomic E-state index is 5.61. The van der Waals surface area contributed by atoms with Gasteiger partial charge < -0.3 is 16.0 Å². The number of hydrogen-bond donors (Lipinski definition) is 2. The second-order valence-corrected chi connectivity index (χ2v) is 6.18. The molecule has 0 aliphatic carbocycles. The quantitative estimate of drug-likeness (QED) is 0.808. The van der Waals surface area contributed by atoms with Crippen molar-refractivity contribution in [2.24, 2.45) is 5.73 Å². The average Bonchev–Trinajstić information content (AvgIpc) is 2.41. The highest BCUT2D eigenvalue weighted by Gasteiger charge is 2.09. The van der Waals surface area contributed by atoms with E-state index in [1.807, 2.05) is 18.2 Å². The largest absolute Gasteiger partial charge is 0.389 e. The van der Waals surface area contributed by atoms with E-state index < -0.39 is 0 Å². The van der Waals surface area contributed by atoms with Crippen LogP contribution in [-0.4, -0.2) is 36.1 Å². The molecule has 2 rings (SSSR count). The lowest BCUT2D eigenvalue weighted by Gasteiger charge is -2.26. The first kappa shape index (κ1) is 14.8. The molecular formula is C14H20BrN3S. The Balaban J connectivity index is 1.83. The Morgan fingerprint density at radius 3 is 2.68 bits per heavy atom. The van der Waals surface area contributed by atoms with E-state index in [-0.39, 0.29) is 0 Å². The molecule has 5 heteroatoms. The molecule has 104 valence electrons. The third-order valence-electron chi connectivity index (χ3n) is 3.45. The molecule has 19 heavy (non-hydrogen) atoms. The van der Waals surface area contributed by atoms with E-state index in [2.05, 4.69) is 26.1 Å². The van der Waals surface area contributed by atoms with Gasteiger partial charge in [-0.05, 0) is 60.1 Å². The molecule has 0 unspecified atom stereocenters. The Hall–Kier alpha value is -0.650. The van der Waals surface area contributed by atoms with E-state index in [9.17, 15) is 0 Å². The second kappa shape index (κ2) is 7.22. The number of anilines is 1. The second-order valence-electron chi connectivity index (χ2n) is 4.89. The summed E-state index contributed by atoms with van der Waals surface area (Å²) in [6.45, 7) is 4.54. The lowest BCUT2D eigenvalue weighted by atomic mass is 10.1. The van der Waals surface area contributed by atoms with Crippen molar-refractivity contribution in [1.82, 2.24) is 4.90 Å². The van der Waals surface area contributed by atoms with Gasteiger partial charge in [0, 0.05) is 28.8 Å². The number of piperidine rings is 1. The van der Waals surface area contributed by atoms with Crippen molar-refractivity contribution in [3.8, 4) is 0 Å². The minimum Gasteiger partial charge on any atom is -0.389 e. The maximum atomic E-state index is 5.61. The van der Waals surface area contributed by atoms with Crippen molar-refractivity contribution in [2.75, 3.05) is 31.5 Å². The first-order valence-electron chi connectivity index (χ1n) is 6.72. The van der Waals surface area contributed by atoms with Gasteiger partial charge in [-0.25, -0.2) is 0 Å². The molecule has 0 spiro atoms. The number of halogens is 1. The van der Waals surface area contributed by atoms with Crippen LogP contribution < -0.4 is 11.1 Å². The van der Waals surface area contributed by atoms with Crippen LogP contribution in [0.4, 0.5) is 5.69 Å². The number of nitrogens with two attached hydrogens (primary N) is 1. The van der Waals surface area contributed by atoms with Crippen LogP contribution in [0.5, 0.6) is 0 Å². The predicted molar refractivity (Wildman–Crippen MR) is 88.8 cm³/mol. The summed E-state index contributed by atoms with van der Waals surface area (Å²) in [6.07, 6.45) is 4.06. The summed E-state index contributed by atoms with van der Waals surface area (Å²) in [5.41, 5.74) is 7.60. The third-order valence-corrected chi connectivity index (χ3v) is 4.34. The number of likely N-dealkylation sites (tertiary alicyclic amines) is 1. The minimum atomic E-state index is 0.431. The molecule has 0 radical (unpaired) electrons. The molecule has 0 amide bonds. The third kappa shape index (κ3) is 4.44. The van der Waals surface area contributed by atoms with Crippen molar-refractivity contribution in [3.05, 3.63) is 28.2 Å². The molecule has 0 bridgehead atoms. The fourth-order valence-corrected chi connectivity index (χ4v) is 2.99. The zero-order valence-electron chi connectivity index (χ0n) is 11.0. The number of hydrogen-bond acceptors (Lipinski definition) is 3. The van der Waals surface area contributed by atoms with Crippen LogP contribution in [0.1, 0.15) is 24.8 Å². The highest BCUT2D eigenvalue weighted by Crippen LogP contribution is 2.23. The van der Waals surface area contributed by atoms with Crippen LogP contribution in [0, 0.1) is 0 Å². The Kier molecular flexibility index (Phi) is 5.60. The van der Waals surface area contributed by atoms with Gasteiger partial charge in [-0.3, -0.25) is 0 Å². The summed E-state index contributed by atoms with van der Waals surface area (Å²) < 4.78 is 1.01. The summed E-state index contributed by atoms with van der Waals surface area (Å²) >= 11 is 8.52. The molecule has 1 aromatic rings. The fourth-order valence-electron chi connectivity index (χ4n) is 2.34. The highest BCUT2D eigenvalue weighted by atomic mass is 79.9. The number of benzene rings is 1. The molecule has 0 saturated carbocycles.